The van der Waals surface area contributed by atoms with E-state index in [2.05, 4.69) is 4.74 Å². The second-order valence-electron chi connectivity index (χ2n) is 3.89. The van der Waals surface area contributed by atoms with Crippen molar-refractivity contribution in [2.24, 2.45) is 0 Å². The number of ether oxygens (including phenoxy) is 3. The van der Waals surface area contributed by atoms with Gasteiger partial charge in [-0.3, -0.25) is 4.79 Å². The zero-order chi connectivity index (χ0) is 12.8. The third-order valence-electron chi connectivity index (χ3n) is 2.19. The summed E-state index contributed by atoms with van der Waals surface area (Å²) in [5, 5.41) is 0. The van der Waals surface area contributed by atoms with Crippen LogP contribution in [-0.2, 0) is 16.0 Å². The van der Waals surface area contributed by atoms with E-state index in [1.165, 1.54) is 7.11 Å². The first kappa shape index (κ1) is 13.4. The molecular weight excluding hydrogens is 220 g/mol. The zero-order valence-corrected chi connectivity index (χ0v) is 10.6. The van der Waals surface area contributed by atoms with Crippen LogP contribution in [-0.4, -0.2) is 26.3 Å². The molecule has 0 heterocycles. The molecule has 0 atom stereocenters. The van der Waals surface area contributed by atoms with Gasteiger partial charge in [-0.25, -0.2) is 0 Å². The molecule has 0 bridgehead atoms. The summed E-state index contributed by atoms with van der Waals surface area (Å²) in [5.74, 6) is 1.08. The smallest absolute Gasteiger partial charge is 0.310 e. The van der Waals surface area contributed by atoms with Crippen molar-refractivity contribution in [2.45, 2.75) is 26.4 Å². The van der Waals surface area contributed by atoms with Gasteiger partial charge in [0.05, 0.1) is 26.7 Å². The van der Waals surface area contributed by atoms with Gasteiger partial charge in [-0.15, -0.1) is 0 Å². The number of carbonyl (C=O) groups is 1. The highest BCUT2D eigenvalue weighted by Crippen LogP contribution is 2.25. The van der Waals surface area contributed by atoms with E-state index in [0.717, 1.165) is 11.3 Å². The molecule has 4 nitrogen and oxygen atoms in total. The van der Waals surface area contributed by atoms with Gasteiger partial charge in [-0.2, -0.15) is 0 Å². The van der Waals surface area contributed by atoms with Gasteiger partial charge in [-0.1, -0.05) is 0 Å². The Bertz CT molecular complexity index is 385. The fraction of sp³-hybridized carbons (Fsp3) is 0.462. The summed E-state index contributed by atoms with van der Waals surface area (Å²) in [6, 6.07) is 5.41. The van der Waals surface area contributed by atoms with Crippen LogP contribution in [0.5, 0.6) is 11.5 Å². The molecule has 0 aromatic heterocycles. The maximum atomic E-state index is 11.3. The van der Waals surface area contributed by atoms with Crippen LogP contribution in [0.15, 0.2) is 18.2 Å². The summed E-state index contributed by atoms with van der Waals surface area (Å²) in [4.78, 5) is 11.3. The number of hydrogen-bond acceptors (Lipinski definition) is 4. The molecule has 0 aliphatic rings. The van der Waals surface area contributed by atoms with Crippen LogP contribution < -0.4 is 9.47 Å². The van der Waals surface area contributed by atoms with Crippen molar-refractivity contribution in [3.63, 3.8) is 0 Å². The van der Waals surface area contributed by atoms with Crippen molar-refractivity contribution < 1.29 is 19.0 Å². The lowest BCUT2D eigenvalue weighted by Gasteiger charge is -2.13. The zero-order valence-electron chi connectivity index (χ0n) is 10.6. The molecule has 0 N–H and O–H groups in total. The number of rotatable bonds is 5. The third kappa shape index (κ3) is 3.98. The number of esters is 1. The van der Waals surface area contributed by atoms with E-state index >= 15 is 0 Å². The highest BCUT2D eigenvalue weighted by Gasteiger charge is 2.10. The Morgan fingerprint density at radius 1 is 1.29 bits per heavy atom. The minimum atomic E-state index is -0.301. The summed E-state index contributed by atoms with van der Waals surface area (Å²) in [6.07, 6.45) is 0.268. The molecule has 0 amide bonds. The molecule has 0 spiro atoms. The fourth-order valence-electron chi connectivity index (χ4n) is 1.47. The Labute approximate surface area is 101 Å². The third-order valence-corrected chi connectivity index (χ3v) is 2.19. The van der Waals surface area contributed by atoms with E-state index < -0.39 is 0 Å². The highest BCUT2D eigenvalue weighted by atomic mass is 16.5. The Balaban J connectivity index is 2.93. The van der Waals surface area contributed by atoms with Crippen molar-refractivity contribution >= 4 is 5.97 Å². The first-order valence-corrected chi connectivity index (χ1v) is 5.47. The summed E-state index contributed by atoms with van der Waals surface area (Å²) in [6.45, 7) is 3.90. The van der Waals surface area contributed by atoms with Crippen molar-refractivity contribution in [1.29, 1.82) is 0 Å². The molecule has 94 valence electrons. The number of methoxy groups -OCH3 is 2. The van der Waals surface area contributed by atoms with Gasteiger partial charge in [-0.05, 0) is 32.0 Å². The normalized spacial score (nSPS) is 10.2. The van der Waals surface area contributed by atoms with Crippen LogP contribution in [0, 0.1) is 0 Å². The van der Waals surface area contributed by atoms with Crippen molar-refractivity contribution in [2.75, 3.05) is 14.2 Å². The monoisotopic (exact) mass is 238 g/mol. The van der Waals surface area contributed by atoms with Crippen LogP contribution in [0.3, 0.4) is 0 Å². The molecule has 4 heteroatoms. The van der Waals surface area contributed by atoms with Gasteiger partial charge in [0.25, 0.3) is 0 Å². The second-order valence-corrected chi connectivity index (χ2v) is 3.89. The maximum absolute atomic E-state index is 11.3. The van der Waals surface area contributed by atoms with Gasteiger partial charge in [0.1, 0.15) is 11.5 Å². The van der Waals surface area contributed by atoms with E-state index in [9.17, 15) is 4.79 Å². The molecule has 0 aliphatic carbocycles. The summed E-state index contributed by atoms with van der Waals surface area (Å²) in [7, 11) is 2.93. The van der Waals surface area contributed by atoms with Crippen molar-refractivity contribution in [3.8, 4) is 11.5 Å². The lowest BCUT2D eigenvalue weighted by Crippen LogP contribution is -2.08. The fourth-order valence-corrected chi connectivity index (χ4v) is 1.47. The van der Waals surface area contributed by atoms with Gasteiger partial charge in [0.2, 0.25) is 0 Å². The Morgan fingerprint density at radius 2 is 2.00 bits per heavy atom. The quantitative estimate of drug-likeness (QED) is 0.738. The van der Waals surface area contributed by atoms with E-state index in [0.29, 0.717) is 5.75 Å². The molecule has 0 saturated heterocycles. The van der Waals surface area contributed by atoms with Crippen LogP contribution in [0.2, 0.25) is 0 Å². The predicted octanol–water partition coefficient (Wildman–Crippen LogP) is 2.20. The largest absolute Gasteiger partial charge is 0.496 e. The Hall–Kier alpha value is -1.71. The number of benzene rings is 1. The number of hydrogen-bond donors (Lipinski definition) is 0. The first-order valence-electron chi connectivity index (χ1n) is 5.47. The highest BCUT2D eigenvalue weighted by molar-refractivity contribution is 5.73. The topological polar surface area (TPSA) is 44.8 Å². The van der Waals surface area contributed by atoms with E-state index in [1.54, 1.807) is 19.2 Å². The molecule has 1 aromatic carbocycles. The van der Waals surface area contributed by atoms with Gasteiger partial charge in [0.15, 0.2) is 0 Å². The summed E-state index contributed by atoms with van der Waals surface area (Å²) < 4.78 is 15.4. The standard InChI is InChI=1S/C13H18O4/c1-9(2)17-11-5-6-12(15-3)10(7-11)8-13(14)16-4/h5-7,9H,8H2,1-4H3. The van der Waals surface area contributed by atoms with Crippen LogP contribution in [0.25, 0.3) is 0 Å². The Morgan fingerprint density at radius 3 is 2.53 bits per heavy atom. The lowest BCUT2D eigenvalue weighted by atomic mass is 10.1. The first-order chi connectivity index (χ1) is 8.06. The molecule has 17 heavy (non-hydrogen) atoms. The van der Waals surface area contributed by atoms with E-state index in [4.69, 9.17) is 9.47 Å². The Kier molecular flexibility index (Phi) is 4.82. The second kappa shape index (κ2) is 6.13. The molecule has 0 radical (unpaired) electrons. The average molecular weight is 238 g/mol. The summed E-state index contributed by atoms with van der Waals surface area (Å²) in [5.41, 5.74) is 0.762. The van der Waals surface area contributed by atoms with E-state index in [-0.39, 0.29) is 18.5 Å². The van der Waals surface area contributed by atoms with Gasteiger partial charge >= 0.3 is 5.97 Å². The minimum Gasteiger partial charge on any atom is -0.496 e. The average Bonchev–Trinajstić information content (AvgIpc) is 2.28. The molecule has 0 unspecified atom stereocenters. The molecule has 0 aliphatic heterocycles. The van der Waals surface area contributed by atoms with Crippen molar-refractivity contribution in [3.05, 3.63) is 23.8 Å². The van der Waals surface area contributed by atoms with E-state index in [1.807, 2.05) is 19.9 Å². The van der Waals surface area contributed by atoms with Crippen LogP contribution in [0.1, 0.15) is 19.4 Å². The molecule has 0 saturated carbocycles. The predicted molar refractivity (Wildman–Crippen MR) is 64.5 cm³/mol. The maximum Gasteiger partial charge on any atom is 0.310 e. The molecule has 1 rings (SSSR count). The van der Waals surface area contributed by atoms with Crippen LogP contribution in [0.4, 0.5) is 0 Å². The van der Waals surface area contributed by atoms with Gasteiger partial charge in [0, 0.05) is 5.56 Å². The molecule has 0 fully saturated rings. The SMILES string of the molecule is COC(=O)Cc1cc(OC(C)C)ccc1OC. The molecular formula is C13H18O4. The minimum absolute atomic E-state index is 0.0920. The van der Waals surface area contributed by atoms with Crippen molar-refractivity contribution in [1.82, 2.24) is 0 Å². The molecule has 1 aromatic rings. The van der Waals surface area contributed by atoms with Gasteiger partial charge < -0.3 is 14.2 Å². The summed E-state index contributed by atoms with van der Waals surface area (Å²) >= 11 is 0. The lowest BCUT2D eigenvalue weighted by molar-refractivity contribution is -0.139. The van der Waals surface area contributed by atoms with Crippen LogP contribution >= 0.6 is 0 Å². The number of carbonyl (C=O) groups excluding carboxylic acids is 1.